The Morgan fingerprint density at radius 1 is 1.21 bits per heavy atom. The standard InChI is InChI=1S/C22H26FN3O3/c1-29-21-7-6-18(15-25-21)22(28)26-12-9-16(10-13-26)14-20(27)24-11-8-17-4-2-3-5-19(17)23/h2-7,15-16H,8-14H2,1H3,(H,24,27). The first-order chi connectivity index (χ1) is 14.1. The van der Waals surface area contributed by atoms with Crippen molar-refractivity contribution >= 4 is 11.8 Å². The Morgan fingerprint density at radius 3 is 2.62 bits per heavy atom. The van der Waals surface area contributed by atoms with Gasteiger partial charge in [0.2, 0.25) is 11.8 Å². The molecule has 1 fully saturated rings. The molecular formula is C22H26FN3O3. The van der Waals surface area contributed by atoms with Gasteiger partial charge in [-0.1, -0.05) is 18.2 Å². The number of pyridine rings is 1. The van der Waals surface area contributed by atoms with Crippen LogP contribution in [0.15, 0.2) is 42.6 Å². The summed E-state index contributed by atoms with van der Waals surface area (Å²) in [5.74, 6) is 0.409. The Labute approximate surface area is 170 Å². The summed E-state index contributed by atoms with van der Waals surface area (Å²) in [5.41, 5.74) is 1.14. The Morgan fingerprint density at radius 2 is 1.97 bits per heavy atom. The second kappa shape index (κ2) is 10.0. The zero-order chi connectivity index (χ0) is 20.6. The molecule has 154 valence electrons. The number of piperidine rings is 1. The van der Waals surface area contributed by atoms with Crippen LogP contribution in [-0.4, -0.2) is 48.4 Å². The summed E-state index contributed by atoms with van der Waals surface area (Å²) in [5, 5.41) is 2.87. The first kappa shape index (κ1) is 20.8. The van der Waals surface area contributed by atoms with Crippen LogP contribution in [0, 0.1) is 11.7 Å². The number of hydrogen-bond donors (Lipinski definition) is 1. The van der Waals surface area contributed by atoms with Gasteiger partial charge < -0.3 is 15.0 Å². The van der Waals surface area contributed by atoms with Crippen LogP contribution < -0.4 is 10.1 Å². The molecule has 29 heavy (non-hydrogen) atoms. The lowest BCUT2D eigenvalue weighted by molar-refractivity contribution is -0.122. The minimum Gasteiger partial charge on any atom is -0.481 e. The Balaban J connectivity index is 1.39. The number of rotatable bonds is 7. The van der Waals surface area contributed by atoms with Gasteiger partial charge in [0.25, 0.3) is 5.91 Å². The number of methoxy groups -OCH3 is 1. The zero-order valence-corrected chi connectivity index (χ0v) is 16.6. The molecule has 0 radical (unpaired) electrons. The van der Waals surface area contributed by atoms with Crippen LogP contribution in [0.4, 0.5) is 4.39 Å². The number of nitrogens with one attached hydrogen (secondary N) is 1. The molecule has 0 bridgehead atoms. The van der Waals surface area contributed by atoms with E-state index in [4.69, 9.17) is 4.74 Å². The highest BCUT2D eigenvalue weighted by Crippen LogP contribution is 2.22. The van der Waals surface area contributed by atoms with E-state index in [9.17, 15) is 14.0 Å². The van der Waals surface area contributed by atoms with E-state index in [1.165, 1.54) is 19.4 Å². The van der Waals surface area contributed by atoms with Crippen molar-refractivity contribution in [2.45, 2.75) is 25.7 Å². The van der Waals surface area contributed by atoms with Crippen LogP contribution in [-0.2, 0) is 11.2 Å². The van der Waals surface area contributed by atoms with Gasteiger partial charge in [0, 0.05) is 38.3 Å². The number of carbonyl (C=O) groups excluding carboxylic acids is 2. The molecule has 1 aliphatic rings. The monoisotopic (exact) mass is 399 g/mol. The van der Waals surface area contributed by atoms with Crippen LogP contribution in [0.1, 0.15) is 35.2 Å². The van der Waals surface area contributed by atoms with Crippen molar-refractivity contribution in [3.05, 3.63) is 59.5 Å². The Kier molecular flexibility index (Phi) is 7.16. The molecule has 1 aromatic heterocycles. The molecule has 1 aromatic carbocycles. The first-order valence-corrected chi connectivity index (χ1v) is 9.86. The number of ether oxygens (including phenoxy) is 1. The SMILES string of the molecule is COc1ccc(C(=O)N2CCC(CC(=O)NCCc3ccccc3F)CC2)cn1. The Hall–Kier alpha value is -2.96. The van der Waals surface area contributed by atoms with Crippen molar-refractivity contribution in [3.8, 4) is 5.88 Å². The smallest absolute Gasteiger partial charge is 0.255 e. The number of likely N-dealkylation sites (tertiary alicyclic amines) is 1. The maximum absolute atomic E-state index is 13.6. The molecule has 3 rings (SSSR count). The van der Waals surface area contributed by atoms with E-state index in [2.05, 4.69) is 10.3 Å². The number of amides is 2. The van der Waals surface area contributed by atoms with Crippen molar-refractivity contribution < 1.29 is 18.7 Å². The fraction of sp³-hybridized carbons (Fsp3) is 0.409. The summed E-state index contributed by atoms with van der Waals surface area (Å²) in [6.07, 6.45) is 4.01. The number of carbonyl (C=O) groups is 2. The molecule has 2 aromatic rings. The van der Waals surface area contributed by atoms with E-state index in [0.717, 1.165) is 12.8 Å². The Bertz CT molecular complexity index is 833. The minimum atomic E-state index is -0.245. The maximum atomic E-state index is 13.6. The van der Waals surface area contributed by atoms with Gasteiger partial charge in [-0.15, -0.1) is 0 Å². The van der Waals surface area contributed by atoms with Crippen molar-refractivity contribution in [1.29, 1.82) is 0 Å². The maximum Gasteiger partial charge on any atom is 0.255 e. The van der Waals surface area contributed by atoms with E-state index < -0.39 is 0 Å². The van der Waals surface area contributed by atoms with Crippen molar-refractivity contribution in [3.63, 3.8) is 0 Å². The lowest BCUT2D eigenvalue weighted by Crippen LogP contribution is -2.39. The second-order valence-corrected chi connectivity index (χ2v) is 7.22. The van der Waals surface area contributed by atoms with E-state index in [1.54, 1.807) is 35.2 Å². The van der Waals surface area contributed by atoms with Gasteiger partial charge in [0.15, 0.2) is 0 Å². The van der Waals surface area contributed by atoms with Crippen molar-refractivity contribution in [1.82, 2.24) is 15.2 Å². The van der Waals surface area contributed by atoms with E-state index >= 15 is 0 Å². The van der Waals surface area contributed by atoms with Gasteiger partial charge in [-0.3, -0.25) is 9.59 Å². The third kappa shape index (κ3) is 5.76. The highest BCUT2D eigenvalue weighted by Gasteiger charge is 2.25. The highest BCUT2D eigenvalue weighted by atomic mass is 19.1. The average molecular weight is 399 g/mol. The van der Waals surface area contributed by atoms with E-state index in [-0.39, 0.29) is 23.5 Å². The fourth-order valence-corrected chi connectivity index (χ4v) is 3.52. The predicted molar refractivity (Wildman–Crippen MR) is 107 cm³/mol. The summed E-state index contributed by atoms with van der Waals surface area (Å²) in [7, 11) is 1.53. The molecule has 0 aliphatic carbocycles. The second-order valence-electron chi connectivity index (χ2n) is 7.22. The lowest BCUT2D eigenvalue weighted by atomic mass is 9.93. The number of nitrogens with zero attached hydrogens (tertiary/aromatic N) is 2. The van der Waals surface area contributed by atoms with Gasteiger partial charge in [-0.2, -0.15) is 0 Å². The highest BCUT2D eigenvalue weighted by molar-refractivity contribution is 5.94. The molecule has 1 aliphatic heterocycles. The molecule has 2 amide bonds. The number of aromatic nitrogens is 1. The first-order valence-electron chi connectivity index (χ1n) is 9.86. The summed E-state index contributed by atoms with van der Waals surface area (Å²) in [6.45, 7) is 1.66. The summed E-state index contributed by atoms with van der Waals surface area (Å²) in [6, 6.07) is 9.98. The van der Waals surface area contributed by atoms with Crippen LogP contribution in [0.2, 0.25) is 0 Å². The van der Waals surface area contributed by atoms with Crippen molar-refractivity contribution in [2.75, 3.05) is 26.7 Å². The third-order valence-corrected chi connectivity index (χ3v) is 5.24. The molecule has 1 N–H and O–H groups in total. The van der Waals surface area contributed by atoms with Gasteiger partial charge in [0.1, 0.15) is 5.82 Å². The number of hydrogen-bond acceptors (Lipinski definition) is 4. The van der Waals surface area contributed by atoms with Gasteiger partial charge in [0.05, 0.1) is 12.7 Å². The minimum absolute atomic E-state index is 0.0227. The van der Waals surface area contributed by atoms with Gasteiger partial charge in [-0.25, -0.2) is 9.37 Å². The van der Waals surface area contributed by atoms with Crippen LogP contribution >= 0.6 is 0 Å². The quantitative estimate of drug-likeness (QED) is 0.777. The van der Waals surface area contributed by atoms with E-state index in [1.807, 2.05) is 0 Å². The summed E-state index contributed by atoms with van der Waals surface area (Å²) < 4.78 is 18.6. The van der Waals surface area contributed by atoms with Gasteiger partial charge >= 0.3 is 0 Å². The average Bonchev–Trinajstić information content (AvgIpc) is 2.75. The van der Waals surface area contributed by atoms with E-state index in [0.29, 0.717) is 49.5 Å². The molecule has 7 heteroatoms. The van der Waals surface area contributed by atoms with Crippen LogP contribution in [0.25, 0.3) is 0 Å². The fourth-order valence-electron chi connectivity index (χ4n) is 3.52. The summed E-state index contributed by atoms with van der Waals surface area (Å²) in [4.78, 5) is 30.6. The van der Waals surface area contributed by atoms with Crippen LogP contribution in [0.5, 0.6) is 5.88 Å². The molecular weight excluding hydrogens is 373 g/mol. The van der Waals surface area contributed by atoms with Crippen molar-refractivity contribution in [2.24, 2.45) is 5.92 Å². The number of halogens is 1. The molecule has 0 saturated carbocycles. The molecule has 0 spiro atoms. The molecule has 1 saturated heterocycles. The largest absolute Gasteiger partial charge is 0.481 e. The predicted octanol–water partition coefficient (Wildman–Crippen LogP) is 2.83. The molecule has 2 heterocycles. The lowest BCUT2D eigenvalue weighted by Gasteiger charge is -2.31. The normalized spacial score (nSPS) is 14.5. The topological polar surface area (TPSA) is 71.5 Å². The molecule has 0 unspecified atom stereocenters. The van der Waals surface area contributed by atoms with Crippen LogP contribution in [0.3, 0.4) is 0 Å². The van der Waals surface area contributed by atoms with Gasteiger partial charge in [-0.05, 0) is 42.9 Å². The number of benzene rings is 1. The zero-order valence-electron chi connectivity index (χ0n) is 16.6. The molecule has 6 nitrogen and oxygen atoms in total. The third-order valence-electron chi connectivity index (χ3n) is 5.24. The molecule has 0 atom stereocenters. The summed E-state index contributed by atoms with van der Waals surface area (Å²) >= 11 is 0.